The average molecular weight is 193 g/mol. The number of carboxylic acids is 1. The van der Waals surface area contributed by atoms with Crippen LogP contribution in [0.15, 0.2) is 5.16 Å². The van der Waals surface area contributed by atoms with Gasteiger partial charge in [0.2, 0.25) is 0 Å². The molecule has 2 heterocycles. The van der Waals surface area contributed by atoms with Crippen LogP contribution in [0.4, 0.5) is 0 Å². The van der Waals surface area contributed by atoms with E-state index in [2.05, 4.69) is 10.5 Å². The molecule has 2 aliphatic heterocycles. The second-order valence-corrected chi connectivity index (χ2v) is 2.69. The number of aliphatic carboxylic acids is 1. The fourth-order valence-electron chi connectivity index (χ4n) is 1.43. The molecule has 0 aromatic rings. The highest BCUT2D eigenvalue weighted by Crippen LogP contribution is 2.21. The van der Waals surface area contributed by atoms with E-state index in [1.54, 1.807) is 0 Å². The van der Waals surface area contributed by atoms with E-state index >= 15 is 0 Å². The molecule has 0 aromatic heterocycles. The third-order valence-corrected chi connectivity index (χ3v) is 2.02. The van der Waals surface area contributed by atoms with E-state index in [1.165, 1.54) is 0 Å². The van der Waals surface area contributed by atoms with E-state index in [4.69, 9.17) is 9.94 Å². The summed E-state index contributed by atoms with van der Waals surface area (Å²) in [6.45, 7) is 1.36. The van der Waals surface area contributed by atoms with Gasteiger partial charge in [-0.1, -0.05) is 5.16 Å². The van der Waals surface area contributed by atoms with E-state index in [0.29, 0.717) is 13.1 Å². The molecule has 12 heavy (non-hydrogen) atoms. The zero-order valence-electron chi connectivity index (χ0n) is 6.19. The van der Waals surface area contributed by atoms with Crippen LogP contribution in [0.25, 0.3) is 0 Å². The Morgan fingerprint density at radius 3 is 3.08 bits per heavy atom. The van der Waals surface area contributed by atoms with Crippen LogP contribution in [0.1, 0.15) is 0 Å². The predicted molar refractivity (Wildman–Crippen MR) is 43.6 cm³/mol. The van der Waals surface area contributed by atoms with Gasteiger partial charge in [-0.15, -0.1) is 12.4 Å². The number of hydrogen-bond acceptors (Lipinski definition) is 4. The number of hydrogen-bond donors (Lipinski definition) is 2. The zero-order chi connectivity index (χ0) is 7.84. The second-order valence-electron chi connectivity index (χ2n) is 2.69. The van der Waals surface area contributed by atoms with Crippen LogP contribution in [0.3, 0.4) is 0 Å². The number of fused-ring (bicyclic) bond motifs is 1. The van der Waals surface area contributed by atoms with Gasteiger partial charge in [0.25, 0.3) is 0 Å². The van der Waals surface area contributed by atoms with Crippen LogP contribution in [-0.2, 0) is 9.63 Å². The van der Waals surface area contributed by atoms with Crippen LogP contribution in [0, 0.1) is 5.92 Å². The lowest BCUT2D eigenvalue weighted by Gasteiger charge is -2.03. The van der Waals surface area contributed by atoms with Gasteiger partial charge in [0, 0.05) is 13.1 Å². The number of carboxylic acid groups (broad SMARTS) is 1. The Hall–Kier alpha value is -0.810. The molecule has 6 heteroatoms. The van der Waals surface area contributed by atoms with Crippen LogP contribution >= 0.6 is 12.4 Å². The van der Waals surface area contributed by atoms with E-state index < -0.39 is 5.97 Å². The lowest BCUT2D eigenvalue weighted by molar-refractivity contribution is -0.129. The maximum Gasteiger partial charge on any atom is 0.354 e. The first-order chi connectivity index (χ1) is 5.29. The Morgan fingerprint density at radius 2 is 2.42 bits per heavy atom. The Bertz CT molecular complexity index is 231. The topological polar surface area (TPSA) is 70.9 Å². The van der Waals surface area contributed by atoms with Crippen molar-refractivity contribution in [2.75, 3.05) is 13.1 Å². The molecule has 0 amide bonds. The molecule has 0 spiro atoms. The molecule has 1 fully saturated rings. The normalized spacial score (nSPS) is 31.5. The van der Waals surface area contributed by atoms with Gasteiger partial charge in [-0.3, -0.25) is 0 Å². The highest BCUT2D eigenvalue weighted by atomic mass is 35.5. The van der Waals surface area contributed by atoms with Gasteiger partial charge in [0.05, 0.1) is 5.92 Å². The van der Waals surface area contributed by atoms with E-state index in [1.807, 2.05) is 0 Å². The van der Waals surface area contributed by atoms with Gasteiger partial charge in [-0.2, -0.15) is 0 Å². The van der Waals surface area contributed by atoms with Crippen LogP contribution in [0.2, 0.25) is 0 Å². The van der Waals surface area contributed by atoms with Gasteiger partial charge < -0.3 is 15.3 Å². The number of halogens is 1. The molecule has 0 aliphatic carbocycles. The lowest BCUT2D eigenvalue weighted by atomic mass is 10.0. The Kier molecular flexibility index (Phi) is 2.54. The molecular formula is C6H9ClN2O3. The molecular weight excluding hydrogens is 184 g/mol. The maximum atomic E-state index is 10.5. The number of carbonyl (C=O) groups is 1. The first-order valence-electron chi connectivity index (χ1n) is 3.47. The minimum absolute atomic E-state index is 0. The van der Waals surface area contributed by atoms with E-state index in [9.17, 15) is 4.79 Å². The van der Waals surface area contributed by atoms with Crippen molar-refractivity contribution in [1.29, 1.82) is 0 Å². The van der Waals surface area contributed by atoms with Gasteiger partial charge in [-0.05, 0) is 0 Å². The fraction of sp³-hybridized carbons (Fsp3) is 0.667. The molecule has 2 rings (SSSR count). The molecule has 0 bridgehead atoms. The quantitative estimate of drug-likeness (QED) is 0.586. The lowest BCUT2D eigenvalue weighted by Crippen LogP contribution is -2.26. The standard InChI is InChI=1S/C6H8N2O3.ClH/c9-6(10)5-3-1-7-2-4(3)11-8-5;/h3-4,7H,1-2H2,(H,9,10);1H/t3-,4+;/m0./s1. The van der Waals surface area contributed by atoms with Crippen molar-refractivity contribution in [3.05, 3.63) is 0 Å². The van der Waals surface area contributed by atoms with Gasteiger partial charge in [0.1, 0.15) is 6.10 Å². The summed E-state index contributed by atoms with van der Waals surface area (Å²) >= 11 is 0. The van der Waals surface area contributed by atoms with Crippen molar-refractivity contribution in [3.63, 3.8) is 0 Å². The number of oxime groups is 1. The van der Waals surface area contributed by atoms with Crippen LogP contribution < -0.4 is 5.32 Å². The summed E-state index contributed by atoms with van der Waals surface area (Å²) in [4.78, 5) is 15.4. The average Bonchev–Trinajstić information content (AvgIpc) is 2.41. The summed E-state index contributed by atoms with van der Waals surface area (Å²) in [5.41, 5.74) is 0.153. The Morgan fingerprint density at radius 1 is 1.67 bits per heavy atom. The molecule has 0 radical (unpaired) electrons. The van der Waals surface area contributed by atoms with Crippen molar-refractivity contribution in [2.24, 2.45) is 11.1 Å². The van der Waals surface area contributed by atoms with Crippen molar-refractivity contribution in [3.8, 4) is 0 Å². The number of rotatable bonds is 1. The molecule has 0 aromatic carbocycles. The monoisotopic (exact) mass is 192 g/mol. The molecule has 68 valence electrons. The van der Waals surface area contributed by atoms with Crippen molar-refractivity contribution in [1.82, 2.24) is 5.32 Å². The third kappa shape index (κ3) is 1.25. The van der Waals surface area contributed by atoms with E-state index in [-0.39, 0.29) is 30.1 Å². The van der Waals surface area contributed by atoms with Crippen molar-refractivity contribution in [2.45, 2.75) is 6.10 Å². The summed E-state index contributed by atoms with van der Waals surface area (Å²) < 4.78 is 0. The summed E-state index contributed by atoms with van der Waals surface area (Å²) in [6, 6.07) is 0. The van der Waals surface area contributed by atoms with Gasteiger partial charge in [0.15, 0.2) is 5.71 Å². The number of nitrogens with zero attached hydrogens (tertiary/aromatic N) is 1. The van der Waals surface area contributed by atoms with Gasteiger partial charge >= 0.3 is 5.97 Å². The minimum atomic E-state index is -0.971. The highest BCUT2D eigenvalue weighted by molar-refractivity contribution is 6.36. The maximum absolute atomic E-state index is 10.5. The van der Waals surface area contributed by atoms with Gasteiger partial charge in [-0.25, -0.2) is 4.79 Å². The third-order valence-electron chi connectivity index (χ3n) is 2.02. The molecule has 1 saturated heterocycles. The molecule has 0 unspecified atom stereocenters. The van der Waals surface area contributed by atoms with Crippen molar-refractivity contribution < 1.29 is 14.7 Å². The van der Waals surface area contributed by atoms with E-state index in [0.717, 1.165) is 0 Å². The molecule has 2 aliphatic rings. The van der Waals surface area contributed by atoms with Crippen molar-refractivity contribution >= 4 is 24.1 Å². The largest absolute Gasteiger partial charge is 0.477 e. The Labute approximate surface area is 75.2 Å². The summed E-state index contributed by atoms with van der Waals surface area (Å²) in [7, 11) is 0. The summed E-state index contributed by atoms with van der Waals surface area (Å²) in [5, 5.41) is 15.2. The minimum Gasteiger partial charge on any atom is -0.477 e. The molecule has 5 nitrogen and oxygen atoms in total. The summed E-state index contributed by atoms with van der Waals surface area (Å²) in [6.07, 6.45) is -0.0545. The Balaban J connectivity index is 0.000000720. The first-order valence-corrected chi connectivity index (χ1v) is 3.47. The SMILES string of the molecule is Cl.O=C(O)C1=NO[C@@H]2CNC[C@H]12. The molecule has 2 N–H and O–H groups in total. The number of nitrogens with one attached hydrogen (secondary N) is 1. The van der Waals surface area contributed by atoms with Crippen LogP contribution in [0.5, 0.6) is 0 Å². The first kappa shape index (κ1) is 9.28. The van der Waals surface area contributed by atoms with Crippen LogP contribution in [-0.4, -0.2) is 36.0 Å². The molecule has 2 atom stereocenters. The highest BCUT2D eigenvalue weighted by Gasteiger charge is 2.41. The molecule has 0 saturated carbocycles. The zero-order valence-corrected chi connectivity index (χ0v) is 7.00. The summed E-state index contributed by atoms with van der Waals surface area (Å²) in [5.74, 6) is -1.02. The fourth-order valence-corrected chi connectivity index (χ4v) is 1.43. The predicted octanol–water partition coefficient (Wildman–Crippen LogP) is -0.533. The smallest absolute Gasteiger partial charge is 0.354 e. The second kappa shape index (κ2) is 3.28.